The molecule has 1 heterocycles. The Kier molecular flexibility index (Phi) is 3.26. The van der Waals surface area contributed by atoms with E-state index in [-0.39, 0.29) is 18.4 Å². The van der Waals surface area contributed by atoms with E-state index in [2.05, 4.69) is 5.32 Å². The smallest absolute Gasteiger partial charge is 0.182 e. The molecule has 0 aliphatic carbocycles. The average molecular weight is 257 g/mol. The van der Waals surface area contributed by atoms with E-state index in [0.29, 0.717) is 22.8 Å². The van der Waals surface area contributed by atoms with Gasteiger partial charge in [0.25, 0.3) is 0 Å². The summed E-state index contributed by atoms with van der Waals surface area (Å²) in [5.41, 5.74) is 0.550. The minimum Gasteiger partial charge on any atom is -0.497 e. The summed E-state index contributed by atoms with van der Waals surface area (Å²) in [4.78, 5) is 0.299. The van der Waals surface area contributed by atoms with Gasteiger partial charge < -0.3 is 15.2 Å². The van der Waals surface area contributed by atoms with Crippen LogP contribution in [0.5, 0.6) is 5.75 Å². The Bertz CT molecular complexity index is 512. The number of hydrogen-bond acceptors (Lipinski definition) is 5. The number of anilines is 1. The monoisotopic (exact) mass is 257 g/mol. The normalized spacial score (nSPS) is 21.4. The third kappa shape index (κ3) is 2.37. The second-order valence-electron chi connectivity index (χ2n) is 4.00. The molecule has 94 valence electrons. The number of aliphatic hydroxyl groups excluding tert-OH is 1. The van der Waals surface area contributed by atoms with Crippen molar-refractivity contribution in [1.82, 2.24) is 0 Å². The molecule has 1 aromatic rings. The third-order valence-corrected chi connectivity index (χ3v) is 4.65. The molecule has 1 aliphatic heterocycles. The van der Waals surface area contributed by atoms with E-state index in [1.165, 1.54) is 7.11 Å². The van der Waals surface area contributed by atoms with Crippen molar-refractivity contribution in [2.75, 3.05) is 24.8 Å². The molecule has 1 aliphatic rings. The minimum absolute atomic E-state index is 0.0207. The molecule has 2 rings (SSSR count). The summed E-state index contributed by atoms with van der Waals surface area (Å²) in [6.07, 6.45) is 0.413. The van der Waals surface area contributed by atoms with Crippen LogP contribution in [0.3, 0.4) is 0 Å². The molecule has 6 heteroatoms. The van der Waals surface area contributed by atoms with Crippen molar-refractivity contribution >= 4 is 15.5 Å². The first-order chi connectivity index (χ1) is 8.06. The largest absolute Gasteiger partial charge is 0.497 e. The van der Waals surface area contributed by atoms with Crippen LogP contribution in [0, 0.1) is 0 Å². The number of hydrogen-bond donors (Lipinski definition) is 2. The zero-order valence-electron chi connectivity index (χ0n) is 9.51. The average Bonchev–Trinajstić information content (AvgIpc) is 2.27. The van der Waals surface area contributed by atoms with Crippen LogP contribution in [-0.2, 0) is 9.84 Å². The molecular formula is C11H15NO4S. The first-order valence-electron chi connectivity index (χ1n) is 5.35. The molecule has 5 nitrogen and oxygen atoms in total. The number of methoxy groups -OCH3 is 1. The van der Waals surface area contributed by atoms with E-state index < -0.39 is 9.84 Å². The number of benzene rings is 1. The molecule has 0 bridgehead atoms. The molecule has 1 aromatic carbocycles. The van der Waals surface area contributed by atoms with Crippen molar-refractivity contribution in [2.45, 2.75) is 17.4 Å². The summed E-state index contributed by atoms with van der Waals surface area (Å²) >= 11 is 0. The molecule has 1 unspecified atom stereocenters. The van der Waals surface area contributed by atoms with Crippen molar-refractivity contribution in [2.24, 2.45) is 0 Å². The van der Waals surface area contributed by atoms with Gasteiger partial charge in [-0.2, -0.15) is 0 Å². The molecule has 0 saturated heterocycles. The molecule has 0 saturated carbocycles. The zero-order chi connectivity index (χ0) is 12.5. The van der Waals surface area contributed by atoms with Crippen molar-refractivity contribution in [3.63, 3.8) is 0 Å². The highest BCUT2D eigenvalue weighted by Gasteiger charge is 2.29. The Morgan fingerprint density at radius 2 is 2.29 bits per heavy atom. The maximum atomic E-state index is 12.0. The lowest BCUT2D eigenvalue weighted by Gasteiger charge is -2.26. The van der Waals surface area contributed by atoms with Crippen LogP contribution in [0.4, 0.5) is 5.69 Å². The first kappa shape index (κ1) is 12.2. The summed E-state index contributed by atoms with van der Waals surface area (Å²) in [6.45, 7) is -0.0352. The Morgan fingerprint density at radius 3 is 2.94 bits per heavy atom. The fraction of sp³-hybridized carbons (Fsp3) is 0.455. The van der Waals surface area contributed by atoms with Gasteiger partial charge in [0.05, 0.1) is 23.4 Å². The molecule has 0 amide bonds. The van der Waals surface area contributed by atoms with Gasteiger partial charge in [0.1, 0.15) is 5.75 Å². The van der Waals surface area contributed by atoms with Gasteiger partial charge in [-0.05, 0) is 18.6 Å². The molecule has 2 N–H and O–H groups in total. The second-order valence-corrected chi connectivity index (χ2v) is 6.00. The van der Waals surface area contributed by atoms with E-state index in [1.54, 1.807) is 18.2 Å². The van der Waals surface area contributed by atoms with Crippen LogP contribution in [0.2, 0.25) is 0 Å². The van der Waals surface area contributed by atoms with Gasteiger partial charge >= 0.3 is 0 Å². The predicted molar refractivity (Wildman–Crippen MR) is 64.2 cm³/mol. The van der Waals surface area contributed by atoms with Crippen LogP contribution in [-0.4, -0.2) is 39.0 Å². The SMILES string of the molecule is COc1ccc2c(c1)NC(CCO)CS2(=O)=O. The van der Waals surface area contributed by atoms with Crippen LogP contribution >= 0.6 is 0 Å². The Morgan fingerprint density at radius 1 is 1.53 bits per heavy atom. The predicted octanol–water partition coefficient (Wildman–Crippen LogP) is 0.645. The fourth-order valence-corrected chi connectivity index (χ4v) is 3.64. The van der Waals surface area contributed by atoms with Gasteiger partial charge in [0.2, 0.25) is 0 Å². The number of fused-ring (bicyclic) bond motifs is 1. The summed E-state index contributed by atoms with van der Waals surface area (Å²) in [5.74, 6) is 0.628. The van der Waals surface area contributed by atoms with Gasteiger partial charge in [-0.15, -0.1) is 0 Å². The first-order valence-corrected chi connectivity index (χ1v) is 7.00. The molecule has 0 fully saturated rings. The van der Waals surface area contributed by atoms with Crippen molar-refractivity contribution in [3.8, 4) is 5.75 Å². The third-order valence-electron chi connectivity index (χ3n) is 2.78. The highest BCUT2D eigenvalue weighted by atomic mass is 32.2. The highest BCUT2D eigenvalue weighted by molar-refractivity contribution is 7.91. The topological polar surface area (TPSA) is 75.6 Å². The van der Waals surface area contributed by atoms with Crippen molar-refractivity contribution in [3.05, 3.63) is 18.2 Å². The van der Waals surface area contributed by atoms with E-state index in [9.17, 15) is 8.42 Å². The van der Waals surface area contributed by atoms with Gasteiger partial charge in [-0.1, -0.05) is 0 Å². The van der Waals surface area contributed by atoms with E-state index in [1.807, 2.05) is 0 Å². The summed E-state index contributed by atoms with van der Waals surface area (Å²) in [6, 6.07) is 4.59. The molecule has 0 aromatic heterocycles. The Hall–Kier alpha value is -1.27. The highest BCUT2D eigenvalue weighted by Crippen LogP contribution is 2.32. The summed E-state index contributed by atoms with van der Waals surface area (Å²) in [5, 5.41) is 12.0. The minimum atomic E-state index is -3.27. The standard InChI is InChI=1S/C11H15NO4S/c1-16-9-2-3-11-10(6-9)12-8(4-5-13)7-17(11,14)15/h2-3,6,8,12-13H,4-5,7H2,1H3. The quantitative estimate of drug-likeness (QED) is 0.831. The lowest BCUT2D eigenvalue weighted by Crippen LogP contribution is -2.34. The fourth-order valence-electron chi connectivity index (χ4n) is 1.95. The Balaban J connectivity index is 2.42. The number of sulfone groups is 1. The zero-order valence-corrected chi connectivity index (χ0v) is 10.3. The van der Waals surface area contributed by atoms with Gasteiger partial charge in [0.15, 0.2) is 9.84 Å². The lowest BCUT2D eigenvalue weighted by atomic mass is 10.2. The molecular weight excluding hydrogens is 242 g/mol. The number of rotatable bonds is 3. The van der Waals surface area contributed by atoms with E-state index >= 15 is 0 Å². The molecule has 1 atom stereocenters. The van der Waals surface area contributed by atoms with Crippen molar-refractivity contribution < 1.29 is 18.3 Å². The van der Waals surface area contributed by atoms with Crippen LogP contribution in [0.15, 0.2) is 23.1 Å². The number of nitrogens with one attached hydrogen (secondary N) is 1. The maximum absolute atomic E-state index is 12.0. The second kappa shape index (κ2) is 4.54. The Labute approximate surface area is 100 Å². The summed E-state index contributed by atoms with van der Waals surface area (Å²) < 4.78 is 29.1. The van der Waals surface area contributed by atoms with E-state index in [0.717, 1.165) is 0 Å². The van der Waals surface area contributed by atoms with Gasteiger partial charge in [0, 0.05) is 18.7 Å². The van der Waals surface area contributed by atoms with E-state index in [4.69, 9.17) is 9.84 Å². The molecule has 0 radical (unpaired) electrons. The van der Waals surface area contributed by atoms with Gasteiger partial charge in [-0.3, -0.25) is 0 Å². The van der Waals surface area contributed by atoms with Crippen LogP contribution < -0.4 is 10.1 Å². The van der Waals surface area contributed by atoms with Crippen molar-refractivity contribution in [1.29, 1.82) is 0 Å². The lowest BCUT2D eigenvalue weighted by molar-refractivity contribution is 0.282. The summed E-state index contributed by atoms with van der Waals surface area (Å²) in [7, 11) is -1.74. The number of aliphatic hydroxyl groups is 1. The number of ether oxygens (including phenoxy) is 1. The van der Waals surface area contributed by atoms with Gasteiger partial charge in [-0.25, -0.2) is 8.42 Å². The molecule has 17 heavy (non-hydrogen) atoms. The molecule has 0 spiro atoms. The maximum Gasteiger partial charge on any atom is 0.182 e. The van der Waals surface area contributed by atoms with Crippen LogP contribution in [0.1, 0.15) is 6.42 Å². The van der Waals surface area contributed by atoms with Crippen LogP contribution in [0.25, 0.3) is 0 Å².